The predicted molar refractivity (Wildman–Crippen MR) is 103 cm³/mol. The Kier molecular flexibility index (Phi) is 5.94. The third-order valence-corrected chi connectivity index (χ3v) is 5.67. The first kappa shape index (κ1) is 22.3. The van der Waals surface area contributed by atoms with Crippen LogP contribution in [0.3, 0.4) is 0 Å². The van der Waals surface area contributed by atoms with Crippen molar-refractivity contribution in [3.63, 3.8) is 0 Å². The minimum atomic E-state index is -4.47. The van der Waals surface area contributed by atoms with Gasteiger partial charge in [0.1, 0.15) is 0 Å². The van der Waals surface area contributed by atoms with E-state index in [1.807, 2.05) is 13.8 Å². The minimum Gasteiger partial charge on any atom is -0.374 e. The minimum absolute atomic E-state index is 0.0117. The number of nitrogens with two attached hydrogens (primary N) is 1. The normalized spacial score (nSPS) is 14.3. The molecule has 0 atom stereocenters. The largest absolute Gasteiger partial charge is 0.416 e. The van der Waals surface area contributed by atoms with Gasteiger partial charge >= 0.3 is 6.18 Å². The summed E-state index contributed by atoms with van der Waals surface area (Å²) in [6, 6.07) is 7.30. The van der Waals surface area contributed by atoms with Gasteiger partial charge in [-0.25, -0.2) is 13.6 Å². The Morgan fingerprint density at radius 3 is 2.40 bits per heavy atom. The average Bonchev–Trinajstić information content (AvgIpc) is 3.07. The third kappa shape index (κ3) is 4.82. The highest BCUT2D eigenvalue weighted by Crippen LogP contribution is 2.34. The monoisotopic (exact) mass is 442 g/mol. The molecule has 1 heterocycles. The van der Waals surface area contributed by atoms with Crippen molar-refractivity contribution >= 4 is 15.9 Å². The lowest BCUT2D eigenvalue weighted by Crippen LogP contribution is -2.27. The molecule has 2 aromatic carbocycles. The van der Waals surface area contributed by atoms with E-state index in [1.165, 1.54) is 29.2 Å². The SMILES string of the molecule is CC(C)OCc1ccc(S(N)(=O)=O)cc1C(=O)N1Cc2ccc(C(F)(F)F)cc2C1. The Morgan fingerprint density at radius 2 is 1.80 bits per heavy atom. The molecule has 0 spiro atoms. The maximum Gasteiger partial charge on any atom is 0.416 e. The van der Waals surface area contributed by atoms with Gasteiger partial charge in [-0.1, -0.05) is 12.1 Å². The van der Waals surface area contributed by atoms with Gasteiger partial charge in [-0.05, 0) is 54.8 Å². The summed E-state index contributed by atoms with van der Waals surface area (Å²) in [7, 11) is -4.04. The van der Waals surface area contributed by atoms with Crippen LogP contribution in [0.1, 0.15) is 46.5 Å². The van der Waals surface area contributed by atoms with Crippen LogP contribution in [0.2, 0.25) is 0 Å². The molecule has 0 radical (unpaired) electrons. The number of alkyl halides is 3. The molecule has 0 unspecified atom stereocenters. The summed E-state index contributed by atoms with van der Waals surface area (Å²) in [5, 5.41) is 5.19. The second kappa shape index (κ2) is 8.01. The van der Waals surface area contributed by atoms with Crippen LogP contribution in [0.5, 0.6) is 0 Å². The van der Waals surface area contributed by atoms with Crippen molar-refractivity contribution in [2.75, 3.05) is 0 Å². The van der Waals surface area contributed by atoms with E-state index in [-0.39, 0.29) is 36.3 Å². The van der Waals surface area contributed by atoms with Crippen LogP contribution >= 0.6 is 0 Å². The zero-order valence-corrected chi connectivity index (χ0v) is 17.2. The molecule has 162 valence electrons. The Morgan fingerprint density at radius 1 is 1.13 bits per heavy atom. The number of nitrogens with zero attached hydrogens (tertiary/aromatic N) is 1. The number of rotatable bonds is 5. The van der Waals surface area contributed by atoms with E-state index < -0.39 is 27.7 Å². The molecule has 0 saturated heterocycles. The molecule has 0 bridgehead atoms. The van der Waals surface area contributed by atoms with Gasteiger partial charge in [-0.3, -0.25) is 4.79 Å². The molecule has 3 rings (SSSR count). The van der Waals surface area contributed by atoms with Crippen LogP contribution in [-0.2, 0) is 40.6 Å². The van der Waals surface area contributed by atoms with Gasteiger partial charge < -0.3 is 9.64 Å². The Balaban J connectivity index is 1.93. The van der Waals surface area contributed by atoms with E-state index in [0.717, 1.165) is 12.1 Å². The summed E-state index contributed by atoms with van der Waals surface area (Å²) in [5.74, 6) is -0.507. The first-order chi connectivity index (χ1) is 13.9. The number of primary sulfonamides is 1. The van der Waals surface area contributed by atoms with Crippen molar-refractivity contribution in [3.05, 3.63) is 64.2 Å². The molecule has 2 N–H and O–H groups in total. The van der Waals surface area contributed by atoms with E-state index in [2.05, 4.69) is 0 Å². The number of sulfonamides is 1. The van der Waals surface area contributed by atoms with Gasteiger partial charge in [-0.15, -0.1) is 0 Å². The lowest BCUT2D eigenvalue weighted by atomic mass is 10.1. The van der Waals surface area contributed by atoms with Gasteiger partial charge in [0.25, 0.3) is 5.91 Å². The number of carbonyl (C=O) groups is 1. The summed E-state index contributed by atoms with van der Waals surface area (Å²) in [6.45, 7) is 3.81. The molecular formula is C20H21F3N2O4S. The number of hydrogen-bond acceptors (Lipinski definition) is 4. The molecule has 10 heteroatoms. The fraction of sp³-hybridized carbons (Fsp3) is 0.350. The summed E-state index contributed by atoms with van der Waals surface area (Å²) in [4.78, 5) is 14.3. The second-order valence-corrected chi connectivity index (χ2v) is 8.93. The summed E-state index contributed by atoms with van der Waals surface area (Å²) >= 11 is 0. The molecule has 1 aliphatic rings. The molecule has 0 saturated carbocycles. The standard InChI is InChI=1S/C20H21F3N2O4S/c1-12(2)29-11-14-4-6-17(30(24,27)28)8-18(14)19(26)25-9-13-3-5-16(20(21,22)23)7-15(13)10-25/h3-8,12H,9-11H2,1-2H3,(H2,24,27,28). The Labute approximate surface area is 172 Å². The molecule has 1 amide bonds. The average molecular weight is 442 g/mol. The zero-order valence-electron chi connectivity index (χ0n) is 16.4. The summed E-state index contributed by atoms with van der Waals surface area (Å²) < 4.78 is 67.9. The Hall–Kier alpha value is -2.43. The number of halogens is 3. The van der Waals surface area contributed by atoms with Crippen molar-refractivity contribution in [1.82, 2.24) is 4.90 Å². The van der Waals surface area contributed by atoms with Crippen molar-refractivity contribution in [2.45, 2.75) is 50.7 Å². The van der Waals surface area contributed by atoms with E-state index >= 15 is 0 Å². The Bertz CT molecular complexity index is 1080. The van der Waals surface area contributed by atoms with Crippen molar-refractivity contribution in [2.24, 2.45) is 5.14 Å². The fourth-order valence-corrected chi connectivity index (χ4v) is 3.74. The first-order valence-corrected chi connectivity index (χ1v) is 10.7. The molecule has 0 aromatic heterocycles. The summed E-state index contributed by atoms with van der Waals surface area (Å²) in [6.07, 6.45) is -4.60. The second-order valence-electron chi connectivity index (χ2n) is 7.37. The number of benzene rings is 2. The molecule has 6 nitrogen and oxygen atoms in total. The van der Waals surface area contributed by atoms with Crippen molar-refractivity contribution in [3.8, 4) is 0 Å². The van der Waals surface area contributed by atoms with E-state index in [1.54, 1.807) is 0 Å². The van der Waals surface area contributed by atoms with Gasteiger partial charge in [0.15, 0.2) is 0 Å². The molecule has 0 aliphatic carbocycles. The molecule has 2 aromatic rings. The number of amides is 1. The van der Waals surface area contributed by atoms with E-state index in [0.29, 0.717) is 16.7 Å². The number of hydrogen-bond donors (Lipinski definition) is 1. The summed E-state index contributed by atoms with van der Waals surface area (Å²) in [5.41, 5.74) is 0.788. The van der Waals surface area contributed by atoms with E-state index in [9.17, 15) is 26.4 Å². The zero-order chi connectivity index (χ0) is 22.3. The quantitative estimate of drug-likeness (QED) is 0.768. The van der Waals surface area contributed by atoms with Gasteiger partial charge in [0.05, 0.1) is 23.2 Å². The van der Waals surface area contributed by atoms with E-state index in [4.69, 9.17) is 9.88 Å². The van der Waals surface area contributed by atoms with Crippen LogP contribution in [0.4, 0.5) is 13.2 Å². The van der Waals surface area contributed by atoms with Crippen LogP contribution in [0, 0.1) is 0 Å². The van der Waals surface area contributed by atoms with Gasteiger partial charge in [0, 0.05) is 18.7 Å². The van der Waals surface area contributed by atoms with Crippen LogP contribution < -0.4 is 5.14 Å². The maximum absolute atomic E-state index is 13.2. The number of ether oxygens (including phenoxy) is 1. The lowest BCUT2D eigenvalue weighted by molar-refractivity contribution is -0.137. The van der Waals surface area contributed by atoms with Crippen molar-refractivity contribution < 1.29 is 31.1 Å². The first-order valence-electron chi connectivity index (χ1n) is 9.12. The third-order valence-electron chi connectivity index (χ3n) is 4.76. The van der Waals surface area contributed by atoms with Crippen molar-refractivity contribution in [1.29, 1.82) is 0 Å². The van der Waals surface area contributed by atoms with Crippen LogP contribution in [0.25, 0.3) is 0 Å². The predicted octanol–water partition coefficient (Wildman–Crippen LogP) is 3.43. The number of carbonyl (C=O) groups excluding carboxylic acids is 1. The highest BCUT2D eigenvalue weighted by molar-refractivity contribution is 7.89. The highest BCUT2D eigenvalue weighted by atomic mass is 32.2. The van der Waals surface area contributed by atoms with Crippen LogP contribution in [-0.4, -0.2) is 25.3 Å². The van der Waals surface area contributed by atoms with Gasteiger partial charge in [0.2, 0.25) is 10.0 Å². The topological polar surface area (TPSA) is 89.7 Å². The molecule has 1 aliphatic heterocycles. The lowest BCUT2D eigenvalue weighted by Gasteiger charge is -2.19. The molecular weight excluding hydrogens is 421 g/mol. The molecule has 0 fully saturated rings. The maximum atomic E-state index is 13.2. The highest BCUT2D eigenvalue weighted by Gasteiger charge is 2.33. The van der Waals surface area contributed by atoms with Crippen LogP contribution in [0.15, 0.2) is 41.3 Å². The number of fused-ring (bicyclic) bond motifs is 1. The molecule has 30 heavy (non-hydrogen) atoms. The fourth-order valence-electron chi connectivity index (χ4n) is 3.20. The van der Waals surface area contributed by atoms with Gasteiger partial charge in [-0.2, -0.15) is 13.2 Å². The smallest absolute Gasteiger partial charge is 0.374 e.